The summed E-state index contributed by atoms with van der Waals surface area (Å²) in [7, 11) is 0. The summed E-state index contributed by atoms with van der Waals surface area (Å²) in [5, 5.41) is 9.27. The van der Waals surface area contributed by atoms with Gasteiger partial charge in [0.1, 0.15) is 0 Å². The number of halogens is 3. The lowest BCUT2D eigenvalue weighted by Gasteiger charge is -2.35. The van der Waals surface area contributed by atoms with E-state index in [1.807, 2.05) is 11.8 Å². The van der Waals surface area contributed by atoms with Crippen LogP contribution in [0.3, 0.4) is 0 Å². The minimum Gasteiger partial charge on any atom is -0.383 e. The lowest BCUT2D eigenvalue weighted by Crippen LogP contribution is -2.45. The summed E-state index contributed by atoms with van der Waals surface area (Å²) in [5.41, 5.74) is 0. The summed E-state index contributed by atoms with van der Waals surface area (Å²) < 4.78 is 37.4. The Hall–Kier alpha value is -0.430. The third-order valence-electron chi connectivity index (χ3n) is 4.48. The second-order valence-electron chi connectivity index (χ2n) is 5.96. The standard InChI is InChI=1S/C14H22F3NO2S/c15-14(16,17)13(20)11-1-5-18(6-2-11)12(19)9-10-3-7-21-8-4-10/h10-11,13,20H,1-9H2. The summed E-state index contributed by atoms with van der Waals surface area (Å²) in [5.74, 6) is 1.90. The van der Waals surface area contributed by atoms with Crippen LogP contribution in [0.2, 0.25) is 0 Å². The molecule has 0 aromatic heterocycles. The first kappa shape index (κ1) is 16.9. The Labute approximate surface area is 127 Å². The zero-order chi connectivity index (χ0) is 15.5. The van der Waals surface area contributed by atoms with Gasteiger partial charge in [0, 0.05) is 19.5 Å². The molecule has 1 unspecified atom stereocenters. The van der Waals surface area contributed by atoms with Gasteiger partial charge in [-0.25, -0.2) is 0 Å². The monoisotopic (exact) mass is 325 g/mol. The molecular weight excluding hydrogens is 303 g/mol. The molecule has 1 amide bonds. The van der Waals surface area contributed by atoms with Crippen LogP contribution in [0.5, 0.6) is 0 Å². The van der Waals surface area contributed by atoms with Gasteiger partial charge >= 0.3 is 6.18 Å². The van der Waals surface area contributed by atoms with Gasteiger partial charge in [-0.1, -0.05) is 0 Å². The van der Waals surface area contributed by atoms with E-state index in [1.165, 1.54) is 0 Å². The zero-order valence-corrected chi connectivity index (χ0v) is 12.8. The molecule has 2 saturated heterocycles. The summed E-state index contributed by atoms with van der Waals surface area (Å²) in [4.78, 5) is 13.8. The highest BCUT2D eigenvalue weighted by Crippen LogP contribution is 2.32. The number of rotatable bonds is 3. The molecular formula is C14H22F3NO2S. The minimum atomic E-state index is -4.56. The van der Waals surface area contributed by atoms with Gasteiger partial charge in [0.25, 0.3) is 0 Å². The van der Waals surface area contributed by atoms with Crippen molar-refractivity contribution in [1.82, 2.24) is 4.90 Å². The van der Waals surface area contributed by atoms with Gasteiger partial charge in [0.15, 0.2) is 6.10 Å². The van der Waals surface area contributed by atoms with Crippen molar-refractivity contribution in [1.29, 1.82) is 0 Å². The maximum atomic E-state index is 12.5. The van der Waals surface area contributed by atoms with E-state index >= 15 is 0 Å². The smallest absolute Gasteiger partial charge is 0.383 e. The highest BCUT2D eigenvalue weighted by atomic mass is 32.2. The molecule has 1 N–H and O–H groups in total. The predicted molar refractivity (Wildman–Crippen MR) is 76.0 cm³/mol. The Bertz CT molecular complexity index is 351. The first-order chi connectivity index (χ1) is 9.88. The molecule has 0 saturated carbocycles. The quantitative estimate of drug-likeness (QED) is 0.867. The molecule has 0 aromatic rings. The average molecular weight is 325 g/mol. The van der Waals surface area contributed by atoms with E-state index in [4.69, 9.17) is 0 Å². The number of aliphatic hydroxyl groups excluding tert-OH is 1. The van der Waals surface area contributed by atoms with Crippen LogP contribution in [-0.4, -0.2) is 52.8 Å². The highest BCUT2D eigenvalue weighted by molar-refractivity contribution is 7.99. The number of amides is 1. The summed E-state index contributed by atoms with van der Waals surface area (Å²) in [6.07, 6.45) is -3.73. The third-order valence-corrected chi connectivity index (χ3v) is 5.53. The van der Waals surface area contributed by atoms with Crippen molar-refractivity contribution in [2.75, 3.05) is 24.6 Å². The van der Waals surface area contributed by atoms with Crippen molar-refractivity contribution in [3.8, 4) is 0 Å². The summed E-state index contributed by atoms with van der Waals surface area (Å²) in [6.45, 7) is 0.663. The summed E-state index contributed by atoms with van der Waals surface area (Å²) >= 11 is 1.91. The van der Waals surface area contributed by atoms with E-state index in [1.54, 1.807) is 4.90 Å². The molecule has 2 aliphatic rings. The maximum absolute atomic E-state index is 12.5. The van der Waals surface area contributed by atoms with Crippen LogP contribution in [-0.2, 0) is 4.79 Å². The number of hydrogen-bond acceptors (Lipinski definition) is 3. The van der Waals surface area contributed by atoms with Gasteiger partial charge in [-0.2, -0.15) is 24.9 Å². The number of nitrogens with zero attached hydrogens (tertiary/aromatic N) is 1. The second kappa shape index (κ2) is 7.22. The van der Waals surface area contributed by atoms with E-state index < -0.39 is 18.2 Å². The molecule has 0 spiro atoms. The molecule has 3 nitrogen and oxygen atoms in total. The van der Waals surface area contributed by atoms with Crippen molar-refractivity contribution in [2.24, 2.45) is 11.8 Å². The van der Waals surface area contributed by atoms with Gasteiger partial charge in [0.05, 0.1) is 0 Å². The van der Waals surface area contributed by atoms with Gasteiger partial charge < -0.3 is 10.0 Å². The van der Waals surface area contributed by atoms with Crippen LogP contribution >= 0.6 is 11.8 Å². The molecule has 0 aromatic carbocycles. The van der Waals surface area contributed by atoms with Crippen molar-refractivity contribution in [3.05, 3.63) is 0 Å². The number of carbonyl (C=O) groups excluding carboxylic acids is 1. The molecule has 0 aliphatic carbocycles. The molecule has 21 heavy (non-hydrogen) atoms. The van der Waals surface area contributed by atoms with Crippen LogP contribution in [0.15, 0.2) is 0 Å². The Balaban J connectivity index is 1.76. The van der Waals surface area contributed by atoms with Gasteiger partial charge in [-0.05, 0) is 49.0 Å². The van der Waals surface area contributed by atoms with E-state index in [9.17, 15) is 23.1 Å². The fraction of sp³-hybridized carbons (Fsp3) is 0.929. The zero-order valence-electron chi connectivity index (χ0n) is 11.9. The van der Waals surface area contributed by atoms with Crippen molar-refractivity contribution >= 4 is 17.7 Å². The molecule has 2 aliphatic heterocycles. The van der Waals surface area contributed by atoms with Crippen LogP contribution in [0.1, 0.15) is 32.1 Å². The Morgan fingerprint density at radius 2 is 1.76 bits per heavy atom. The van der Waals surface area contributed by atoms with Gasteiger partial charge in [0.2, 0.25) is 5.91 Å². The normalized spacial score (nSPS) is 24.1. The molecule has 7 heteroatoms. The van der Waals surface area contributed by atoms with Crippen LogP contribution < -0.4 is 0 Å². The van der Waals surface area contributed by atoms with E-state index in [2.05, 4.69) is 0 Å². The fourth-order valence-electron chi connectivity index (χ4n) is 3.06. The number of aliphatic hydroxyl groups is 1. The first-order valence-electron chi connectivity index (χ1n) is 7.48. The van der Waals surface area contributed by atoms with Crippen molar-refractivity contribution in [2.45, 2.75) is 44.4 Å². The molecule has 2 fully saturated rings. The molecule has 0 bridgehead atoms. The molecule has 2 heterocycles. The lowest BCUT2D eigenvalue weighted by atomic mass is 9.90. The van der Waals surface area contributed by atoms with E-state index in [0.29, 0.717) is 25.4 Å². The molecule has 0 radical (unpaired) electrons. The number of likely N-dealkylation sites (tertiary alicyclic amines) is 1. The number of alkyl halides is 3. The predicted octanol–water partition coefficient (Wildman–Crippen LogP) is 2.68. The highest BCUT2D eigenvalue weighted by Gasteiger charge is 2.44. The number of piperidine rings is 1. The maximum Gasteiger partial charge on any atom is 0.414 e. The molecule has 1 atom stereocenters. The Kier molecular flexibility index (Phi) is 5.82. The van der Waals surface area contributed by atoms with Crippen LogP contribution in [0.25, 0.3) is 0 Å². The van der Waals surface area contributed by atoms with E-state index in [-0.39, 0.29) is 18.7 Å². The molecule has 2 rings (SSSR count). The largest absolute Gasteiger partial charge is 0.414 e. The number of thioether (sulfide) groups is 1. The SMILES string of the molecule is O=C(CC1CCSCC1)N1CCC(C(O)C(F)(F)F)CC1. The summed E-state index contributed by atoms with van der Waals surface area (Å²) in [6, 6.07) is 0. The third kappa shape index (κ3) is 4.77. The minimum absolute atomic E-state index is 0.0619. The fourth-order valence-corrected chi connectivity index (χ4v) is 4.26. The van der Waals surface area contributed by atoms with E-state index in [0.717, 1.165) is 24.3 Å². The van der Waals surface area contributed by atoms with Gasteiger partial charge in [-0.3, -0.25) is 4.79 Å². The number of hydrogen-bond donors (Lipinski definition) is 1. The number of carbonyl (C=O) groups is 1. The molecule has 122 valence electrons. The van der Waals surface area contributed by atoms with Gasteiger partial charge in [-0.15, -0.1) is 0 Å². The van der Waals surface area contributed by atoms with Crippen LogP contribution in [0, 0.1) is 11.8 Å². The lowest BCUT2D eigenvalue weighted by molar-refractivity contribution is -0.222. The van der Waals surface area contributed by atoms with Crippen molar-refractivity contribution in [3.63, 3.8) is 0 Å². The Morgan fingerprint density at radius 1 is 1.19 bits per heavy atom. The Morgan fingerprint density at radius 3 is 2.29 bits per heavy atom. The topological polar surface area (TPSA) is 40.5 Å². The second-order valence-corrected chi connectivity index (χ2v) is 7.19. The van der Waals surface area contributed by atoms with Crippen LogP contribution in [0.4, 0.5) is 13.2 Å². The van der Waals surface area contributed by atoms with Crippen molar-refractivity contribution < 1.29 is 23.1 Å². The average Bonchev–Trinajstić information content (AvgIpc) is 2.46. The first-order valence-corrected chi connectivity index (χ1v) is 8.63.